The van der Waals surface area contributed by atoms with Gasteiger partial charge in [0.05, 0.1) is 0 Å². The Morgan fingerprint density at radius 2 is 1.00 bits per heavy atom. The van der Waals surface area contributed by atoms with Gasteiger partial charge in [0.2, 0.25) is 0 Å². The zero-order valence-corrected chi connectivity index (χ0v) is 21.3. The first-order valence-corrected chi connectivity index (χ1v) is 12.2. The Bertz CT molecular complexity index is 561. The Labute approximate surface area is 195 Å². The van der Waals surface area contributed by atoms with Gasteiger partial charge in [0.25, 0.3) is 0 Å². The molecule has 0 aromatic carbocycles. The molecule has 2 rings (SSSR count). The molecule has 2 heterocycles. The number of hydrogen-bond donors (Lipinski definition) is 2. The molecule has 2 fully saturated rings. The van der Waals surface area contributed by atoms with Gasteiger partial charge in [-0.15, -0.1) is 0 Å². The fourth-order valence-corrected chi connectivity index (χ4v) is 3.65. The zero-order valence-electron chi connectivity index (χ0n) is 21.3. The minimum absolute atomic E-state index is 0.192. The maximum absolute atomic E-state index is 11.8. The highest BCUT2D eigenvalue weighted by molar-refractivity contribution is 5.68. The third-order valence-corrected chi connectivity index (χ3v) is 5.33. The lowest BCUT2D eigenvalue weighted by molar-refractivity contribution is 0.0223. The first-order valence-electron chi connectivity index (χ1n) is 12.2. The number of hydrogen-bond acceptors (Lipinski definition) is 6. The highest BCUT2D eigenvalue weighted by atomic mass is 16.6. The molecule has 0 aliphatic carbocycles. The van der Waals surface area contributed by atoms with Crippen LogP contribution in [0.2, 0.25) is 0 Å². The van der Waals surface area contributed by atoms with Gasteiger partial charge in [-0.1, -0.05) is 6.42 Å². The average molecular weight is 457 g/mol. The first kappa shape index (κ1) is 28.5. The van der Waals surface area contributed by atoms with Crippen LogP contribution in [0.4, 0.5) is 9.59 Å². The number of carbonyl (C=O) groups excluding carboxylic acids is 2. The number of rotatable bonds is 0. The molecule has 0 aromatic heterocycles. The second kappa shape index (κ2) is 13.2. The summed E-state index contributed by atoms with van der Waals surface area (Å²) in [6.45, 7) is 14.4. The van der Waals surface area contributed by atoms with Crippen molar-refractivity contribution in [2.75, 3.05) is 26.2 Å². The quantitative estimate of drug-likeness (QED) is 0.564. The van der Waals surface area contributed by atoms with Gasteiger partial charge in [-0.25, -0.2) is 9.59 Å². The van der Waals surface area contributed by atoms with Crippen LogP contribution in [0, 0.1) is 0 Å². The normalized spacial score (nSPS) is 21.8. The van der Waals surface area contributed by atoms with Gasteiger partial charge in [-0.05, 0) is 86.5 Å². The molecule has 0 spiro atoms. The summed E-state index contributed by atoms with van der Waals surface area (Å²) in [5.74, 6) is 0. The maximum atomic E-state index is 11.8. The van der Waals surface area contributed by atoms with E-state index in [4.69, 9.17) is 20.9 Å². The molecule has 1 unspecified atom stereocenters. The van der Waals surface area contributed by atoms with E-state index in [-0.39, 0.29) is 18.2 Å². The Kier molecular flexibility index (Phi) is 11.8. The van der Waals surface area contributed by atoms with Gasteiger partial charge in [0.15, 0.2) is 0 Å². The van der Waals surface area contributed by atoms with Crippen molar-refractivity contribution in [3.8, 4) is 0 Å². The summed E-state index contributed by atoms with van der Waals surface area (Å²) in [4.78, 5) is 27.3. The van der Waals surface area contributed by atoms with Crippen LogP contribution in [0.15, 0.2) is 0 Å². The molecule has 0 saturated carbocycles. The van der Waals surface area contributed by atoms with Crippen molar-refractivity contribution < 1.29 is 19.1 Å². The molecule has 1 atom stereocenters. The lowest BCUT2D eigenvalue weighted by atomic mass is 10.0. The fraction of sp³-hybridized carbons (Fsp3) is 0.917. The molecule has 2 aliphatic heterocycles. The van der Waals surface area contributed by atoms with E-state index >= 15 is 0 Å². The van der Waals surface area contributed by atoms with E-state index in [1.165, 1.54) is 0 Å². The van der Waals surface area contributed by atoms with Gasteiger partial charge in [0, 0.05) is 38.3 Å². The van der Waals surface area contributed by atoms with Crippen molar-refractivity contribution in [3.05, 3.63) is 0 Å². The molecule has 8 heteroatoms. The predicted octanol–water partition coefficient (Wildman–Crippen LogP) is 4.25. The van der Waals surface area contributed by atoms with Gasteiger partial charge in [0.1, 0.15) is 11.2 Å². The summed E-state index contributed by atoms with van der Waals surface area (Å²) in [6.07, 6.45) is 7.61. The standard InChI is InChI=1S/2C12H24N2O2/c1-12(2,3)16-11(15)14-8-4-6-10(13)7-5-9-14;1-12(2,3)16-11(15)14-8-5-4-6-10(13)7-9-14/h2*10H,4-9,13H2,1-3H3. The molecule has 2 saturated heterocycles. The van der Waals surface area contributed by atoms with Crippen molar-refractivity contribution in [2.24, 2.45) is 11.5 Å². The van der Waals surface area contributed by atoms with Crippen molar-refractivity contribution in [1.29, 1.82) is 0 Å². The van der Waals surface area contributed by atoms with Crippen LogP contribution in [0.25, 0.3) is 0 Å². The molecule has 8 nitrogen and oxygen atoms in total. The second-order valence-corrected chi connectivity index (χ2v) is 11.0. The van der Waals surface area contributed by atoms with Crippen molar-refractivity contribution in [3.63, 3.8) is 0 Å². The van der Waals surface area contributed by atoms with E-state index in [2.05, 4.69) is 0 Å². The van der Waals surface area contributed by atoms with Gasteiger partial charge in [-0.2, -0.15) is 0 Å². The number of ether oxygens (including phenoxy) is 2. The zero-order chi connectivity index (χ0) is 24.4. The summed E-state index contributed by atoms with van der Waals surface area (Å²) in [7, 11) is 0. The molecule has 2 aliphatic rings. The number of nitrogens with zero attached hydrogens (tertiary/aromatic N) is 2. The van der Waals surface area contributed by atoms with Crippen LogP contribution < -0.4 is 11.5 Å². The van der Waals surface area contributed by atoms with E-state index < -0.39 is 11.2 Å². The van der Waals surface area contributed by atoms with Gasteiger partial charge in [-0.3, -0.25) is 0 Å². The van der Waals surface area contributed by atoms with Crippen LogP contribution >= 0.6 is 0 Å². The van der Waals surface area contributed by atoms with Crippen molar-refractivity contribution >= 4 is 12.2 Å². The summed E-state index contributed by atoms with van der Waals surface area (Å²) < 4.78 is 10.7. The average Bonchev–Trinajstić information content (AvgIpc) is 2.59. The monoisotopic (exact) mass is 456 g/mol. The van der Waals surface area contributed by atoms with E-state index in [9.17, 15) is 9.59 Å². The van der Waals surface area contributed by atoms with Crippen LogP contribution in [0.1, 0.15) is 92.9 Å². The maximum Gasteiger partial charge on any atom is 0.410 e. The third kappa shape index (κ3) is 13.1. The van der Waals surface area contributed by atoms with Crippen LogP contribution in [0.3, 0.4) is 0 Å². The Balaban J connectivity index is 0.000000320. The molecule has 188 valence electrons. The van der Waals surface area contributed by atoms with E-state index in [0.29, 0.717) is 6.04 Å². The van der Waals surface area contributed by atoms with E-state index in [0.717, 1.165) is 77.5 Å². The van der Waals surface area contributed by atoms with E-state index in [1.54, 1.807) is 9.80 Å². The predicted molar refractivity (Wildman–Crippen MR) is 129 cm³/mol. The molecule has 0 aromatic rings. The molecule has 2 amide bonds. The molecule has 0 radical (unpaired) electrons. The van der Waals surface area contributed by atoms with Crippen LogP contribution in [-0.4, -0.2) is 71.5 Å². The van der Waals surface area contributed by atoms with Gasteiger partial charge < -0.3 is 30.7 Å². The molecular formula is C24H48N4O4. The first-order chi connectivity index (χ1) is 14.8. The SMILES string of the molecule is CC(C)(C)OC(=O)N1CCCC(N)CCC1.CC(C)(C)OC(=O)N1CCCCC(N)CC1. The lowest BCUT2D eigenvalue weighted by Gasteiger charge is -2.29. The Hall–Kier alpha value is -1.54. The van der Waals surface area contributed by atoms with Crippen molar-refractivity contribution in [2.45, 2.75) is 116 Å². The highest BCUT2D eigenvalue weighted by Crippen LogP contribution is 2.16. The minimum Gasteiger partial charge on any atom is -0.444 e. The molecular weight excluding hydrogens is 408 g/mol. The smallest absolute Gasteiger partial charge is 0.410 e. The second-order valence-electron chi connectivity index (χ2n) is 11.0. The summed E-state index contributed by atoms with van der Waals surface area (Å²) in [6, 6.07) is 0.533. The number of nitrogens with two attached hydrogens (primary N) is 2. The topological polar surface area (TPSA) is 111 Å². The van der Waals surface area contributed by atoms with Crippen molar-refractivity contribution in [1.82, 2.24) is 9.80 Å². The Morgan fingerprint density at radius 1 is 0.625 bits per heavy atom. The summed E-state index contributed by atoms with van der Waals surface area (Å²) in [5.41, 5.74) is 11.0. The lowest BCUT2D eigenvalue weighted by Crippen LogP contribution is -2.41. The van der Waals surface area contributed by atoms with E-state index in [1.807, 2.05) is 41.5 Å². The minimum atomic E-state index is -0.415. The highest BCUT2D eigenvalue weighted by Gasteiger charge is 2.24. The molecule has 4 N–H and O–H groups in total. The Morgan fingerprint density at radius 3 is 1.47 bits per heavy atom. The van der Waals surface area contributed by atoms with Crippen LogP contribution in [0.5, 0.6) is 0 Å². The summed E-state index contributed by atoms with van der Waals surface area (Å²) >= 11 is 0. The number of amides is 2. The van der Waals surface area contributed by atoms with Crippen LogP contribution in [-0.2, 0) is 9.47 Å². The molecule has 0 bridgehead atoms. The summed E-state index contributed by atoms with van der Waals surface area (Å²) in [5, 5.41) is 0. The number of likely N-dealkylation sites (tertiary alicyclic amines) is 2. The molecule has 32 heavy (non-hydrogen) atoms. The fourth-order valence-electron chi connectivity index (χ4n) is 3.65. The number of carbonyl (C=O) groups is 2. The van der Waals surface area contributed by atoms with Gasteiger partial charge >= 0.3 is 12.2 Å². The largest absolute Gasteiger partial charge is 0.444 e. The third-order valence-electron chi connectivity index (χ3n) is 5.33.